The fourth-order valence-corrected chi connectivity index (χ4v) is 3.72. The van der Waals surface area contributed by atoms with Gasteiger partial charge in [-0.05, 0) is 17.2 Å². The van der Waals surface area contributed by atoms with Gasteiger partial charge in [-0.2, -0.15) is 0 Å². The van der Waals surface area contributed by atoms with Crippen LogP contribution in [0.4, 0.5) is 5.13 Å². The number of carbonyl (C=O) groups excluding carboxylic acids is 1. The molecule has 0 unspecified atom stereocenters. The number of H-pyrrole nitrogens is 1. The largest absolute Gasteiger partial charge is 0.361 e. The second-order valence-electron chi connectivity index (χ2n) is 5.88. The molecule has 0 fully saturated rings. The minimum atomic E-state index is -0.0506. The molecule has 2 aromatic carbocycles. The Morgan fingerprint density at radius 2 is 1.88 bits per heavy atom. The van der Waals surface area contributed by atoms with Crippen molar-refractivity contribution in [3.63, 3.8) is 0 Å². The van der Waals surface area contributed by atoms with Gasteiger partial charge in [0.15, 0.2) is 5.13 Å². The SMILES string of the molecule is O=C(Cc1c[nH]c2ccccc12)Nc1ncc(Cc2ccccc2)s1. The molecule has 25 heavy (non-hydrogen) atoms. The van der Waals surface area contributed by atoms with Gasteiger partial charge >= 0.3 is 0 Å². The Morgan fingerprint density at radius 1 is 1.08 bits per heavy atom. The van der Waals surface area contributed by atoms with Crippen LogP contribution in [-0.4, -0.2) is 15.9 Å². The van der Waals surface area contributed by atoms with Crippen LogP contribution in [0.3, 0.4) is 0 Å². The molecule has 0 aliphatic heterocycles. The van der Waals surface area contributed by atoms with E-state index in [9.17, 15) is 4.79 Å². The summed E-state index contributed by atoms with van der Waals surface area (Å²) in [6.07, 6.45) is 4.89. The quantitative estimate of drug-likeness (QED) is 0.562. The molecule has 0 atom stereocenters. The monoisotopic (exact) mass is 347 g/mol. The molecule has 124 valence electrons. The molecule has 0 aliphatic carbocycles. The highest BCUT2D eigenvalue weighted by molar-refractivity contribution is 7.15. The average Bonchev–Trinajstić information content (AvgIpc) is 3.23. The molecular weight excluding hydrogens is 330 g/mol. The zero-order valence-electron chi connectivity index (χ0n) is 13.5. The van der Waals surface area contributed by atoms with E-state index in [4.69, 9.17) is 0 Å². The highest BCUT2D eigenvalue weighted by Gasteiger charge is 2.11. The normalized spacial score (nSPS) is 10.9. The van der Waals surface area contributed by atoms with E-state index >= 15 is 0 Å². The Kier molecular flexibility index (Phi) is 4.31. The maximum Gasteiger partial charge on any atom is 0.230 e. The molecular formula is C20H17N3OS. The summed E-state index contributed by atoms with van der Waals surface area (Å²) in [5.74, 6) is -0.0506. The Morgan fingerprint density at radius 3 is 2.76 bits per heavy atom. The molecule has 4 nitrogen and oxygen atoms in total. The van der Waals surface area contributed by atoms with Crippen LogP contribution in [0.1, 0.15) is 16.0 Å². The summed E-state index contributed by atoms with van der Waals surface area (Å²) < 4.78 is 0. The first-order valence-electron chi connectivity index (χ1n) is 8.11. The zero-order valence-corrected chi connectivity index (χ0v) is 14.3. The number of hydrogen-bond donors (Lipinski definition) is 2. The maximum atomic E-state index is 12.3. The number of hydrogen-bond acceptors (Lipinski definition) is 3. The Balaban J connectivity index is 1.41. The van der Waals surface area contributed by atoms with Crippen molar-refractivity contribution in [1.82, 2.24) is 9.97 Å². The zero-order chi connectivity index (χ0) is 17.1. The number of thiazole rings is 1. The number of nitrogens with zero attached hydrogens (tertiary/aromatic N) is 1. The van der Waals surface area contributed by atoms with Crippen molar-refractivity contribution >= 4 is 33.3 Å². The standard InChI is InChI=1S/C20H17N3OS/c24-19(11-15-12-21-18-9-5-4-8-17(15)18)23-20-22-13-16(25-20)10-14-6-2-1-3-7-14/h1-9,12-13,21H,10-11H2,(H,22,23,24). The van der Waals surface area contributed by atoms with Crippen molar-refractivity contribution in [2.24, 2.45) is 0 Å². The Hall–Kier alpha value is -2.92. The third kappa shape index (κ3) is 3.61. The van der Waals surface area contributed by atoms with Crippen LogP contribution in [0.2, 0.25) is 0 Å². The van der Waals surface area contributed by atoms with Gasteiger partial charge in [0.1, 0.15) is 0 Å². The van der Waals surface area contributed by atoms with Crippen LogP contribution in [0, 0.1) is 0 Å². The number of fused-ring (bicyclic) bond motifs is 1. The van der Waals surface area contributed by atoms with Gasteiger partial charge in [0.2, 0.25) is 5.91 Å². The topological polar surface area (TPSA) is 57.8 Å². The average molecular weight is 347 g/mol. The molecule has 0 saturated heterocycles. The number of para-hydroxylation sites is 1. The van der Waals surface area contributed by atoms with Gasteiger partial charge in [0, 0.05) is 34.6 Å². The highest BCUT2D eigenvalue weighted by Crippen LogP contribution is 2.22. The number of aromatic amines is 1. The van der Waals surface area contributed by atoms with Crippen LogP contribution in [-0.2, 0) is 17.6 Å². The summed E-state index contributed by atoms with van der Waals surface area (Å²) in [6.45, 7) is 0. The first kappa shape index (κ1) is 15.6. The number of rotatable bonds is 5. The molecule has 2 N–H and O–H groups in total. The van der Waals surface area contributed by atoms with E-state index in [-0.39, 0.29) is 5.91 Å². The predicted molar refractivity (Wildman–Crippen MR) is 102 cm³/mol. The van der Waals surface area contributed by atoms with E-state index in [2.05, 4.69) is 27.4 Å². The lowest BCUT2D eigenvalue weighted by atomic mass is 10.1. The summed E-state index contributed by atoms with van der Waals surface area (Å²) in [6, 6.07) is 18.2. The Bertz CT molecular complexity index is 1000. The second kappa shape index (κ2) is 6.91. The van der Waals surface area contributed by atoms with E-state index in [0.29, 0.717) is 11.6 Å². The smallest absolute Gasteiger partial charge is 0.230 e. The lowest BCUT2D eigenvalue weighted by Gasteiger charge is -2.01. The third-order valence-corrected chi connectivity index (χ3v) is 4.96. The molecule has 0 aliphatic rings. The second-order valence-corrected chi connectivity index (χ2v) is 6.99. The lowest BCUT2D eigenvalue weighted by Crippen LogP contribution is -2.13. The molecule has 0 radical (unpaired) electrons. The number of anilines is 1. The molecule has 4 rings (SSSR count). The molecule has 4 aromatic rings. The van der Waals surface area contributed by atoms with Crippen molar-refractivity contribution < 1.29 is 4.79 Å². The number of carbonyl (C=O) groups is 1. The van der Waals surface area contributed by atoms with E-state index in [0.717, 1.165) is 27.8 Å². The molecule has 0 bridgehead atoms. The summed E-state index contributed by atoms with van der Waals surface area (Å²) in [7, 11) is 0. The number of benzene rings is 2. The first-order valence-corrected chi connectivity index (χ1v) is 8.93. The van der Waals surface area contributed by atoms with Gasteiger partial charge in [-0.15, -0.1) is 11.3 Å². The first-order chi connectivity index (χ1) is 12.3. The maximum absolute atomic E-state index is 12.3. The van der Waals surface area contributed by atoms with E-state index < -0.39 is 0 Å². The lowest BCUT2D eigenvalue weighted by molar-refractivity contribution is -0.115. The van der Waals surface area contributed by atoms with Gasteiger partial charge < -0.3 is 10.3 Å². The van der Waals surface area contributed by atoms with Crippen molar-refractivity contribution in [3.8, 4) is 0 Å². The molecule has 0 spiro atoms. The molecule has 2 aromatic heterocycles. The number of nitrogens with one attached hydrogen (secondary N) is 2. The van der Waals surface area contributed by atoms with Crippen LogP contribution in [0.5, 0.6) is 0 Å². The minimum absolute atomic E-state index is 0.0506. The van der Waals surface area contributed by atoms with E-state index in [1.807, 2.05) is 54.9 Å². The summed E-state index contributed by atoms with van der Waals surface area (Å²) in [5, 5.41) is 4.64. The number of aromatic nitrogens is 2. The summed E-state index contributed by atoms with van der Waals surface area (Å²) >= 11 is 1.52. The fraction of sp³-hybridized carbons (Fsp3) is 0.100. The van der Waals surface area contributed by atoms with E-state index in [1.54, 1.807) is 0 Å². The number of amides is 1. The van der Waals surface area contributed by atoms with Crippen molar-refractivity contribution in [2.75, 3.05) is 5.32 Å². The van der Waals surface area contributed by atoms with Crippen LogP contribution < -0.4 is 5.32 Å². The Labute approximate surface area is 149 Å². The van der Waals surface area contributed by atoms with Crippen LogP contribution in [0.25, 0.3) is 10.9 Å². The molecule has 1 amide bonds. The minimum Gasteiger partial charge on any atom is -0.361 e. The van der Waals surface area contributed by atoms with Crippen LogP contribution in [0.15, 0.2) is 67.0 Å². The van der Waals surface area contributed by atoms with Crippen molar-refractivity contribution in [3.05, 3.63) is 83.0 Å². The predicted octanol–water partition coefficient (Wildman–Crippen LogP) is 4.40. The summed E-state index contributed by atoms with van der Waals surface area (Å²) in [5.41, 5.74) is 3.28. The molecule has 0 saturated carbocycles. The highest BCUT2D eigenvalue weighted by atomic mass is 32.1. The summed E-state index contributed by atoms with van der Waals surface area (Å²) in [4.78, 5) is 21.0. The van der Waals surface area contributed by atoms with E-state index in [1.165, 1.54) is 16.9 Å². The van der Waals surface area contributed by atoms with Crippen molar-refractivity contribution in [2.45, 2.75) is 12.8 Å². The third-order valence-electron chi connectivity index (χ3n) is 4.05. The molecule has 5 heteroatoms. The van der Waals surface area contributed by atoms with Gasteiger partial charge in [0.05, 0.1) is 6.42 Å². The fourth-order valence-electron chi connectivity index (χ4n) is 2.86. The van der Waals surface area contributed by atoms with Gasteiger partial charge in [-0.25, -0.2) is 4.98 Å². The van der Waals surface area contributed by atoms with Gasteiger partial charge in [0.25, 0.3) is 0 Å². The van der Waals surface area contributed by atoms with Crippen molar-refractivity contribution in [1.29, 1.82) is 0 Å². The van der Waals surface area contributed by atoms with Gasteiger partial charge in [-0.3, -0.25) is 4.79 Å². The molecule has 2 heterocycles. The van der Waals surface area contributed by atoms with Gasteiger partial charge in [-0.1, -0.05) is 48.5 Å². The van der Waals surface area contributed by atoms with Crippen LogP contribution >= 0.6 is 11.3 Å².